The van der Waals surface area contributed by atoms with Crippen LogP contribution in [0, 0.1) is 6.92 Å². The first-order valence-electron chi connectivity index (χ1n) is 7.32. The molecule has 0 aliphatic carbocycles. The third-order valence-electron chi connectivity index (χ3n) is 2.90. The van der Waals surface area contributed by atoms with Gasteiger partial charge in [0.05, 0.1) is 0 Å². The fourth-order valence-electron chi connectivity index (χ4n) is 1.83. The summed E-state index contributed by atoms with van der Waals surface area (Å²) in [6.07, 6.45) is 0. The number of ether oxygens (including phenoxy) is 1. The molecule has 0 saturated carbocycles. The van der Waals surface area contributed by atoms with E-state index in [2.05, 4.69) is 0 Å². The van der Waals surface area contributed by atoms with Crippen molar-refractivity contribution >= 4 is 23.1 Å². The van der Waals surface area contributed by atoms with Crippen LogP contribution in [-0.4, -0.2) is 18.1 Å². The molecule has 0 unspecified atom stereocenters. The van der Waals surface area contributed by atoms with Crippen LogP contribution in [0.1, 0.15) is 24.3 Å². The van der Waals surface area contributed by atoms with Gasteiger partial charge in [-0.1, -0.05) is 32.0 Å². The number of hydrazine groups is 2. The Labute approximate surface area is 141 Å². The molecule has 0 aliphatic heterocycles. The molecular weight excluding hydrogens is 312 g/mol. The number of nitrogens with two attached hydrogens (primary N) is 2. The zero-order valence-electron chi connectivity index (χ0n) is 13.9. The van der Waals surface area contributed by atoms with Gasteiger partial charge in [0.2, 0.25) is 0 Å². The SMILES string of the molecule is CC.Cc1cccc(N(N)C(=O)N(C)N)c1OCc1cccs1. The van der Waals surface area contributed by atoms with Gasteiger partial charge in [-0.2, -0.15) is 0 Å². The van der Waals surface area contributed by atoms with E-state index in [0.717, 1.165) is 20.5 Å². The van der Waals surface area contributed by atoms with Crippen molar-refractivity contribution < 1.29 is 9.53 Å². The lowest BCUT2D eigenvalue weighted by Crippen LogP contribution is -2.48. The summed E-state index contributed by atoms with van der Waals surface area (Å²) in [5.74, 6) is 11.9. The number of amides is 2. The molecule has 2 amide bonds. The van der Waals surface area contributed by atoms with E-state index in [1.54, 1.807) is 17.4 Å². The molecule has 1 aromatic carbocycles. The van der Waals surface area contributed by atoms with Gasteiger partial charge in [0.25, 0.3) is 0 Å². The summed E-state index contributed by atoms with van der Waals surface area (Å²) in [5, 5.41) is 3.89. The third-order valence-corrected chi connectivity index (χ3v) is 3.75. The molecule has 7 heteroatoms. The minimum absolute atomic E-state index is 0.427. The second-order valence-corrected chi connectivity index (χ2v) is 5.59. The number of hydrogen-bond donors (Lipinski definition) is 2. The summed E-state index contributed by atoms with van der Waals surface area (Å²) in [6.45, 7) is 6.33. The first-order chi connectivity index (χ1) is 11.0. The molecule has 0 atom stereocenters. The molecule has 1 aromatic heterocycles. The van der Waals surface area contributed by atoms with Gasteiger partial charge in [0, 0.05) is 11.9 Å². The van der Waals surface area contributed by atoms with Crippen molar-refractivity contribution in [3.05, 3.63) is 46.2 Å². The Hall–Kier alpha value is -2.09. The molecule has 0 spiro atoms. The Bertz CT molecular complexity index is 615. The van der Waals surface area contributed by atoms with E-state index in [1.807, 2.05) is 50.4 Å². The quantitative estimate of drug-likeness (QED) is 0.510. The van der Waals surface area contributed by atoms with Crippen molar-refractivity contribution in [2.75, 3.05) is 12.1 Å². The van der Waals surface area contributed by atoms with Gasteiger partial charge >= 0.3 is 6.03 Å². The molecular formula is C16H24N4O2S. The van der Waals surface area contributed by atoms with Crippen molar-refractivity contribution in [2.45, 2.75) is 27.4 Å². The molecule has 0 aliphatic rings. The summed E-state index contributed by atoms with van der Waals surface area (Å²) < 4.78 is 5.84. The highest BCUT2D eigenvalue weighted by atomic mass is 32.1. The van der Waals surface area contributed by atoms with Gasteiger partial charge < -0.3 is 4.74 Å². The molecule has 2 rings (SSSR count). The minimum Gasteiger partial charge on any atom is -0.486 e. The molecule has 126 valence electrons. The second-order valence-electron chi connectivity index (χ2n) is 4.55. The number of anilines is 1. The van der Waals surface area contributed by atoms with Crippen LogP contribution in [0.5, 0.6) is 5.75 Å². The van der Waals surface area contributed by atoms with Crippen LogP contribution in [-0.2, 0) is 6.61 Å². The molecule has 0 saturated heterocycles. The lowest BCUT2D eigenvalue weighted by atomic mass is 10.2. The molecule has 2 aromatic rings. The Morgan fingerprint density at radius 3 is 2.48 bits per heavy atom. The predicted octanol–water partition coefficient (Wildman–Crippen LogP) is 3.27. The highest BCUT2D eigenvalue weighted by Gasteiger charge is 2.19. The van der Waals surface area contributed by atoms with E-state index in [4.69, 9.17) is 16.4 Å². The lowest BCUT2D eigenvalue weighted by Gasteiger charge is -2.23. The summed E-state index contributed by atoms with van der Waals surface area (Å²) in [7, 11) is 1.43. The van der Waals surface area contributed by atoms with E-state index >= 15 is 0 Å². The Morgan fingerprint density at radius 1 is 1.22 bits per heavy atom. The number of benzene rings is 1. The summed E-state index contributed by atoms with van der Waals surface area (Å²) in [4.78, 5) is 13.0. The molecule has 0 fully saturated rings. The standard InChI is InChI=1S/C14H18N4O2S.C2H6/c1-10-5-3-7-12(18(16)14(19)17(2)15)13(10)20-9-11-6-4-8-21-11;1-2/h3-8H,9,15-16H2,1-2H3;1-2H3. The largest absolute Gasteiger partial charge is 0.486 e. The second kappa shape index (κ2) is 9.14. The minimum atomic E-state index is -0.526. The Morgan fingerprint density at radius 2 is 1.91 bits per heavy atom. The van der Waals surface area contributed by atoms with Gasteiger partial charge in [0.15, 0.2) is 0 Å². The fourth-order valence-corrected chi connectivity index (χ4v) is 2.44. The van der Waals surface area contributed by atoms with Crippen LogP contribution in [0.3, 0.4) is 0 Å². The van der Waals surface area contributed by atoms with E-state index in [-0.39, 0.29) is 0 Å². The first-order valence-corrected chi connectivity index (χ1v) is 8.20. The van der Waals surface area contributed by atoms with Crippen LogP contribution < -0.4 is 21.4 Å². The lowest BCUT2D eigenvalue weighted by molar-refractivity contribution is 0.216. The highest BCUT2D eigenvalue weighted by molar-refractivity contribution is 7.09. The maximum absolute atomic E-state index is 11.9. The van der Waals surface area contributed by atoms with Crippen LogP contribution in [0.2, 0.25) is 0 Å². The summed E-state index contributed by atoms with van der Waals surface area (Å²) in [5.41, 5.74) is 1.38. The fraction of sp³-hybridized carbons (Fsp3) is 0.312. The van der Waals surface area contributed by atoms with Gasteiger partial charge in [-0.3, -0.25) is 5.01 Å². The van der Waals surface area contributed by atoms with Gasteiger partial charge in [-0.15, -0.1) is 11.3 Å². The zero-order valence-corrected chi connectivity index (χ0v) is 14.8. The molecule has 4 N–H and O–H groups in total. The van der Waals surface area contributed by atoms with Crippen molar-refractivity contribution in [1.82, 2.24) is 5.01 Å². The third kappa shape index (κ3) is 4.95. The molecule has 0 bridgehead atoms. The molecule has 1 heterocycles. The van der Waals surface area contributed by atoms with Crippen molar-refractivity contribution in [3.63, 3.8) is 0 Å². The summed E-state index contributed by atoms with van der Waals surface area (Å²) in [6, 6.07) is 8.86. The van der Waals surface area contributed by atoms with Gasteiger partial charge in [-0.05, 0) is 30.0 Å². The highest BCUT2D eigenvalue weighted by Crippen LogP contribution is 2.31. The van der Waals surface area contributed by atoms with E-state index < -0.39 is 6.03 Å². The predicted molar refractivity (Wildman–Crippen MR) is 95.2 cm³/mol. The summed E-state index contributed by atoms with van der Waals surface area (Å²) >= 11 is 1.61. The van der Waals surface area contributed by atoms with Crippen LogP contribution in [0.25, 0.3) is 0 Å². The monoisotopic (exact) mass is 336 g/mol. The van der Waals surface area contributed by atoms with Gasteiger partial charge in [0.1, 0.15) is 18.0 Å². The smallest absolute Gasteiger partial charge is 0.352 e. The van der Waals surface area contributed by atoms with Gasteiger partial charge in [-0.25, -0.2) is 21.5 Å². The maximum atomic E-state index is 11.9. The van der Waals surface area contributed by atoms with Crippen molar-refractivity contribution in [2.24, 2.45) is 11.7 Å². The first kappa shape index (κ1) is 19.0. The van der Waals surface area contributed by atoms with Crippen LogP contribution in [0.15, 0.2) is 35.7 Å². The van der Waals surface area contributed by atoms with E-state index in [0.29, 0.717) is 18.0 Å². The number of hydrogen-bond acceptors (Lipinski definition) is 5. The van der Waals surface area contributed by atoms with Crippen LogP contribution >= 0.6 is 11.3 Å². The number of nitrogens with zero attached hydrogens (tertiary/aromatic N) is 2. The Kier molecular flexibility index (Phi) is 7.53. The average Bonchev–Trinajstić information content (AvgIpc) is 3.07. The number of aryl methyl sites for hydroxylation is 1. The number of thiophene rings is 1. The molecule has 23 heavy (non-hydrogen) atoms. The van der Waals surface area contributed by atoms with E-state index in [1.165, 1.54) is 7.05 Å². The molecule has 6 nitrogen and oxygen atoms in total. The normalized spacial score (nSPS) is 9.65. The van der Waals surface area contributed by atoms with Crippen molar-refractivity contribution in [1.29, 1.82) is 0 Å². The number of urea groups is 1. The van der Waals surface area contributed by atoms with Crippen molar-refractivity contribution in [3.8, 4) is 5.75 Å². The van der Waals surface area contributed by atoms with Crippen LogP contribution in [0.4, 0.5) is 10.5 Å². The van der Waals surface area contributed by atoms with E-state index in [9.17, 15) is 4.79 Å². The topological polar surface area (TPSA) is 84.8 Å². The number of rotatable bonds is 4. The number of para-hydroxylation sites is 1. The maximum Gasteiger partial charge on any atom is 0.352 e. The zero-order chi connectivity index (χ0) is 17.4. The Balaban J connectivity index is 0.00000127. The molecule has 0 radical (unpaired) electrons. The number of carbonyl (C=O) groups is 1. The average molecular weight is 336 g/mol. The number of carbonyl (C=O) groups excluding carboxylic acids is 1.